The van der Waals surface area contributed by atoms with Crippen molar-refractivity contribution in [1.29, 1.82) is 0 Å². The molecule has 40 heavy (non-hydrogen) atoms. The van der Waals surface area contributed by atoms with Crippen LogP contribution in [0, 0.1) is 0 Å². The average Bonchev–Trinajstić information content (AvgIpc) is 3.48. The molecular formula is C30H34BrN3O5S. The van der Waals surface area contributed by atoms with Crippen molar-refractivity contribution in [2.24, 2.45) is 0 Å². The van der Waals surface area contributed by atoms with Gasteiger partial charge in [-0.05, 0) is 73.9 Å². The molecule has 1 N–H and O–H groups in total. The zero-order valence-electron chi connectivity index (χ0n) is 22.6. The van der Waals surface area contributed by atoms with Gasteiger partial charge < -0.3 is 15.0 Å². The Bertz CT molecular complexity index is 1390. The summed E-state index contributed by atoms with van der Waals surface area (Å²) in [5.41, 5.74) is 1.17. The molecule has 0 aromatic heterocycles. The van der Waals surface area contributed by atoms with E-state index in [0.717, 1.165) is 40.0 Å². The van der Waals surface area contributed by atoms with Crippen molar-refractivity contribution < 1.29 is 22.7 Å². The molecule has 0 radical (unpaired) electrons. The molecule has 0 saturated heterocycles. The monoisotopic (exact) mass is 627 g/mol. The number of hydrogen-bond donors (Lipinski definition) is 1. The zero-order valence-corrected chi connectivity index (χ0v) is 25.0. The number of anilines is 1. The van der Waals surface area contributed by atoms with Crippen molar-refractivity contribution in [3.63, 3.8) is 0 Å². The number of carbonyl (C=O) groups excluding carboxylic acids is 2. The minimum absolute atomic E-state index is 0.0245. The number of halogens is 1. The van der Waals surface area contributed by atoms with Crippen LogP contribution in [0.2, 0.25) is 0 Å². The van der Waals surface area contributed by atoms with Crippen LogP contribution in [-0.4, -0.2) is 50.9 Å². The predicted octanol–water partition coefficient (Wildman–Crippen LogP) is 5.13. The molecule has 0 spiro atoms. The lowest BCUT2D eigenvalue weighted by Crippen LogP contribution is -2.52. The minimum atomic E-state index is -4.13. The van der Waals surface area contributed by atoms with Gasteiger partial charge in [-0.1, -0.05) is 59.1 Å². The molecule has 1 aliphatic rings. The first-order valence-corrected chi connectivity index (χ1v) is 15.5. The lowest BCUT2D eigenvalue weighted by atomic mass is 10.1. The fourth-order valence-corrected chi connectivity index (χ4v) is 6.44. The van der Waals surface area contributed by atoms with Gasteiger partial charge >= 0.3 is 0 Å². The Hall–Kier alpha value is -3.37. The van der Waals surface area contributed by atoms with Gasteiger partial charge in [-0.3, -0.25) is 13.9 Å². The van der Waals surface area contributed by atoms with Crippen molar-refractivity contribution in [3.05, 3.63) is 88.9 Å². The molecule has 1 atom stereocenters. The number of nitrogens with zero attached hydrogens (tertiary/aromatic N) is 2. The highest BCUT2D eigenvalue weighted by Crippen LogP contribution is 2.26. The van der Waals surface area contributed by atoms with Crippen LogP contribution in [0.3, 0.4) is 0 Å². The van der Waals surface area contributed by atoms with Gasteiger partial charge in [0.25, 0.3) is 10.0 Å². The fraction of sp³-hybridized carbons (Fsp3) is 0.333. The Morgan fingerprint density at radius 2 is 1.60 bits per heavy atom. The molecule has 8 nitrogen and oxygen atoms in total. The smallest absolute Gasteiger partial charge is 0.264 e. The van der Waals surface area contributed by atoms with Gasteiger partial charge in [0.05, 0.1) is 17.7 Å². The number of nitrogens with one attached hydrogen (secondary N) is 1. The third kappa shape index (κ3) is 7.22. The summed E-state index contributed by atoms with van der Waals surface area (Å²) in [5.74, 6) is -0.219. The van der Waals surface area contributed by atoms with E-state index in [1.807, 2.05) is 24.3 Å². The number of benzene rings is 3. The molecule has 212 valence electrons. The largest absolute Gasteiger partial charge is 0.497 e. The molecule has 3 aromatic carbocycles. The van der Waals surface area contributed by atoms with E-state index in [-0.39, 0.29) is 23.4 Å². The van der Waals surface area contributed by atoms with E-state index < -0.39 is 28.5 Å². The summed E-state index contributed by atoms with van der Waals surface area (Å²) in [5, 5.41) is 3.08. The summed E-state index contributed by atoms with van der Waals surface area (Å²) in [6, 6.07) is 21.3. The normalized spacial score (nSPS) is 14.4. The number of ether oxygens (including phenoxy) is 1. The highest BCUT2D eigenvalue weighted by Gasteiger charge is 2.33. The number of hydrogen-bond acceptors (Lipinski definition) is 5. The van der Waals surface area contributed by atoms with Crippen LogP contribution in [0.4, 0.5) is 5.69 Å². The summed E-state index contributed by atoms with van der Waals surface area (Å²) in [6.07, 6.45) is 3.97. The molecule has 1 saturated carbocycles. The third-order valence-electron chi connectivity index (χ3n) is 7.11. The van der Waals surface area contributed by atoms with E-state index in [2.05, 4.69) is 21.2 Å². The molecule has 0 aliphatic heterocycles. The van der Waals surface area contributed by atoms with Gasteiger partial charge in [-0.15, -0.1) is 0 Å². The molecule has 1 aliphatic carbocycles. The van der Waals surface area contributed by atoms with E-state index in [4.69, 9.17) is 4.74 Å². The van der Waals surface area contributed by atoms with Gasteiger partial charge in [0.1, 0.15) is 18.3 Å². The molecule has 1 fully saturated rings. The summed E-state index contributed by atoms with van der Waals surface area (Å²) in [4.78, 5) is 28.7. The van der Waals surface area contributed by atoms with E-state index in [1.54, 1.807) is 49.4 Å². The summed E-state index contributed by atoms with van der Waals surface area (Å²) in [6.45, 7) is 1.36. The summed E-state index contributed by atoms with van der Waals surface area (Å²) < 4.78 is 34.9. The van der Waals surface area contributed by atoms with Crippen LogP contribution >= 0.6 is 15.9 Å². The number of sulfonamides is 1. The van der Waals surface area contributed by atoms with Gasteiger partial charge in [0.15, 0.2) is 0 Å². The van der Waals surface area contributed by atoms with Crippen LogP contribution in [0.5, 0.6) is 5.75 Å². The van der Waals surface area contributed by atoms with Crippen molar-refractivity contribution >= 4 is 43.5 Å². The SMILES string of the molecule is COc1ccc(S(=O)(=O)N(CC(=O)N(Cc2ccc(Br)cc2)[C@H](C)C(=O)NC2CCCC2)c2ccccc2)cc1. The number of amides is 2. The van der Waals surface area contributed by atoms with Gasteiger partial charge in [0.2, 0.25) is 11.8 Å². The summed E-state index contributed by atoms with van der Waals surface area (Å²) >= 11 is 3.43. The van der Waals surface area contributed by atoms with Gasteiger partial charge in [0, 0.05) is 17.1 Å². The quantitative estimate of drug-likeness (QED) is 0.318. The average molecular weight is 629 g/mol. The maximum atomic E-state index is 14.0. The Labute approximate surface area is 244 Å². The van der Waals surface area contributed by atoms with Crippen molar-refractivity contribution in [2.75, 3.05) is 18.0 Å². The molecule has 0 bridgehead atoms. The van der Waals surface area contributed by atoms with Crippen LogP contribution in [0.15, 0.2) is 88.2 Å². The molecule has 3 aromatic rings. The zero-order chi connectivity index (χ0) is 28.7. The van der Waals surface area contributed by atoms with Crippen molar-refractivity contribution in [1.82, 2.24) is 10.2 Å². The highest BCUT2D eigenvalue weighted by molar-refractivity contribution is 9.10. The van der Waals surface area contributed by atoms with E-state index in [1.165, 1.54) is 24.1 Å². The number of methoxy groups -OCH3 is 1. The first-order valence-electron chi connectivity index (χ1n) is 13.2. The minimum Gasteiger partial charge on any atom is -0.497 e. The number of carbonyl (C=O) groups is 2. The molecule has 4 rings (SSSR count). The van der Waals surface area contributed by atoms with Crippen LogP contribution < -0.4 is 14.4 Å². The second kappa shape index (κ2) is 13.3. The maximum absolute atomic E-state index is 14.0. The van der Waals surface area contributed by atoms with Crippen molar-refractivity contribution in [2.45, 2.75) is 56.1 Å². The Kier molecular flexibility index (Phi) is 9.86. The Morgan fingerprint density at radius 3 is 2.20 bits per heavy atom. The highest BCUT2D eigenvalue weighted by atomic mass is 79.9. The van der Waals surface area contributed by atoms with E-state index >= 15 is 0 Å². The second-order valence-corrected chi connectivity index (χ2v) is 12.6. The summed E-state index contributed by atoms with van der Waals surface area (Å²) in [7, 11) is -2.62. The topological polar surface area (TPSA) is 96.0 Å². The fourth-order valence-electron chi connectivity index (χ4n) is 4.76. The standard InChI is InChI=1S/C30H34BrN3O5S/c1-22(30(36)32-25-8-6-7-9-25)33(20-23-12-14-24(31)15-13-23)29(35)21-34(26-10-4-3-5-11-26)40(37,38)28-18-16-27(39-2)17-19-28/h3-5,10-19,22,25H,6-9,20-21H2,1-2H3,(H,32,36)/t22-/m1/s1. The first kappa shape index (κ1) is 29.6. The Morgan fingerprint density at radius 1 is 0.975 bits per heavy atom. The van der Waals surface area contributed by atoms with Crippen LogP contribution in [0.1, 0.15) is 38.2 Å². The van der Waals surface area contributed by atoms with Crippen LogP contribution in [-0.2, 0) is 26.2 Å². The van der Waals surface area contributed by atoms with Gasteiger partial charge in [-0.2, -0.15) is 0 Å². The van der Waals surface area contributed by atoms with Gasteiger partial charge in [-0.25, -0.2) is 8.42 Å². The molecule has 0 unspecified atom stereocenters. The number of para-hydroxylation sites is 1. The first-order chi connectivity index (χ1) is 19.2. The molecular weight excluding hydrogens is 594 g/mol. The van der Waals surface area contributed by atoms with Crippen molar-refractivity contribution in [3.8, 4) is 5.75 Å². The second-order valence-electron chi connectivity index (χ2n) is 9.84. The van der Waals surface area contributed by atoms with E-state index in [9.17, 15) is 18.0 Å². The maximum Gasteiger partial charge on any atom is 0.264 e. The predicted molar refractivity (Wildman–Crippen MR) is 159 cm³/mol. The van der Waals surface area contributed by atoms with E-state index in [0.29, 0.717) is 11.4 Å². The lowest BCUT2D eigenvalue weighted by Gasteiger charge is -2.32. The lowest BCUT2D eigenvalue weighted by molar-refractivity contribution is -0.139. The molecule has 0 heterocycles. The number of rotatable bonds is 11. The molecule has 2 amide bonds. The Balaban J connectivity index is 1.66. The molecule has 10 heteroatoms. The third-order valence-corrected chi connectivity index (χ3v) is 9.42. The van der Waals surface area contributed by atoms with Crippen LogP contribution in [0.25, 0.3) is 0 Å².